The molecule has 0 saturated heterocycles. The number of rotatable bonds is 7. The van der Waals surface area contributed by atoms with Crippen molar-refractivity contribution in [3.05, 3.63) is 35.1 Å². The van der Waals surface area contributed by atoms with E-state index < -0.39 is 0 Å². The molecule has 112 valence electrons. The van der Waals surface area contributed by atoms with E-state index in [1.165, 1.54) is 12.1 Å². The van der Waals surface area contributed by atoms with Gasteiger partial charge in [0.2, 0.25) is 0 Å². The number of esters is 1. The number of hydrogen-bond acceptors (Lipinski definition) is 4. The van der Waals surface area contributed by atoms with E-state index in [0.717, 1.165) is 11.1 Å². The van der Waals surface area contributed by atoms with Gasteiger partial charge in [-0.3, -0.25) is 9.69 Å². The minimum Gasteiger partial charge on any atom is -0.465 e. The Morgan fingerprint density at radius 2 is 2.10 bits per heavy atom. The largest absolute Gasteiger partial charge is 0.465 e. The van der Waals surface area contributed by atoms with Crippen molar-refractivity contribution in [1.82, 2.24) is 4.90 Å². The summed E-state index contributed by atoms with van der Waals surface area (Å²) in [5.74, 6) is -0.548. The summed E-state index contributed by atoms with van der Waals surface area (Å²) in [6.07, 6.45) is 0. The molecule has 0 bridgehead atoms. The number of carbonyl (C=O) groups excluding carboxylic acids is 1. The van der Waals surface area contributed by atoms with Crippen molar-refractivity contribution in [3.8, 4) is 0 Å². The van der Waals surface area contributed by atoms with E-state index in [4.69, 9.17) is 10.5 Å². The summed E-state index contributed by atoms with van der Waals surface area (Å²) >= 11 is 0. The third-order valence-corrected chi connectivity index (χ3v) is 3.13. The van der Waals surface area contributed by atoms with Crippen LogP contribution in [-0.2, 0) is 22.6 Å². The fraction of sp³-hybridized carbons (Fsp3) is 0.533. The third-order valence-electron chi connectivity index (χ3n) is 3.13. The molecule has 2 N–H and O–H groups in total. The number of hydrogen-bond donors (Lipinski definition) is 1. The highest BCUT2D eigenvalue weighted by atomic mass is 19.1. The predicted octanol–water partition coefficient (Wildman–Crippen LogP) is 2.06. The number of nitrogens with two attached hydrogens (primary N) is 1. The van der Waals surface area contributed by atoms with Crippen molar-refractivity contribution < 1.29 is 13.9 Å². The summed E-state index contributed by atoms with van der Waals surface area (Å²) in [6.45, 7) is 7.20. The van der Waals surface area contributed by atoms with Gasteiger partial charge in [-0.15, -0.1) is 0 Å². The molecule has 0 spiro atoms. The smallest absolute Gasteiger partial charge is 0.320 e. The molecule has 0 heterocycles. The maximum absolute atomic E-state index is 13.2. The first-order chi connectivity index (χ1) is 9.47. The molecule has 0 amide bonds. The van der Waals surface area contributed by atoms with Gasteiger partial charge in [-0.1, -0.05) is 6.07 Å². The SMILES string of the molecule is CCOC(=O)CN(Cc1ccc(F)cc1CN)C(C)C. The van der Waals surface area contributed by atoms with Crippen LogP contribution >= 0.6 is 0 Å². The Hall–Kier alpha value is -1.46. The Morgan fingerprint density at radius 3 is 2.65 bits per heavy atom. The standard InChI is InChI=1S/C15H23FN2O2/c1-4-20-15(19)10-18(11(2)3)9-12-5-6-14(16)7-13(12)8-17/h5-7,11H,4,8-10,17H2,1-3H3. The van der Waals surface area contributed by atoms with E-state index in [9.17, 15) is 9.18 Å². The van der Waals surface area contributed by atoms with Crippen LogP contribution in [0, 0.1) is 5.82 Å². The number of halogens is 1. The van der Waals surface area contributed by atoms with E-state index in [0.29, 0.717) is 13.2 Å². The summed E-state index contributed by atoms with van der Waals surface area (Å²) in [5, 5.41) is 0. The maximum Gasteiger partial charge on any atom is 0.320 e. The summed E-state index contributed by atoms with van der Waals surface area (Å²) in [6, 6.07) is 4.75. The van der Waals surface area contributed by atoms with Gasteiger partial charge < -0.3 is 10.5 Å². The van der Waals surface area contributed by atoms with Crippen LogP contribution in [0.25, 0.3) is 0 Å². The van der Waals surface area contributed by atoms with Gasteiger partial charge in [0.05, 0.1) is 13.2 Å². The second-order valence-electron chi connectivity index (χ2n) is 4.92. The fourth-order valence-electron chi connectivity index (χ4n) is 1.95. The second kappa shape index (κ2) is 7.97. The van der Waals surface area contributed by atoms with E-state index in [1.54, 1.807) is 13.0 Å². The summed E-state index contributed by atoms with van der Waals surface area (Å²) in [4.78, 5) is 13.6. The average molecular weight is 282 g/mol. The quantitative estimate of drug-likeness (QED) is 0.778. The van der Waals surface area contributed by atoms with Gasteiger partial charge in [0.15, 0.2) is 0 Å². The summed E-state index contributed by atoms with van der Waals surface area (Å²) in [5.41, 5.74) is 7.34. The molecule has 1 rings (SSSR count). The normalized spacial score (nSPS) is 11.2. The van der Waals surface area contributed by atoms with Crippen LogP contribution in [0.1, 0.15) is 31.9 Å². The lowest BCUT2D eigenvalue weighted by Gasteiger charge is -2.26. The Kier molecular flexibility index (Phi) is 6.61. The van der Waals surface area contributed by atoms with Gasteiger partial charge >= 0.3 is 5.97 Å². The van der Waals surface area contributed by atoms with Crippen LogP contribution < -0.4 is 5.73 Å². The van der Waals surface area contributed by atoms with Crippen molar-refractivity contribution in [2.45, 2.75) is 39.9 Å². The minimum atomic E-state index is -0.296. The van der Waals surface area contributed by atoms with Crippen molar-refractivity contribution in [2.24, 2.45) is 5.73 Å². The number of carbonyl (C=O) groups is 1. The summed E-state index contributed by atoms with van der Waals surface area (Å²) < 4.78 is 18.2. The average Bonchev–Trinajstić information content (AvgIpc) is 2.39. The van der Waals surface area contributed by atoms with Gasteiger partial charge in [0, 0.05) is 19.1 Å². The Balaban J connectivity index is 2.82. The Labute approximate surface area is 119 Å². The van der Waals surface area contributed by atoms with E-state index >= 15 is 0 Å². The van der Waals surface area contributed by atoms with Gasteiger partial charge in [-0.05, 0) is 44.0 Å². The topological polar surface area (TPSA) is 55.6 Å². The van der Waals surface area contributed by atoms with Crippen LogP contribution in [0.5, 0.6) is 0 Å². The first-order valence-electron chi connectivity index (χ1n) is 6.85. The molecule has 0 aliphatic heterocycles. The Bertz CT molecular complexity index is 449. The van der Waals surface area contributed by atoms with Crippen molar-refractivity contribution in [3.63, 3.8) is 0 Å². The molecule has 20 heavy (non-hydrogen) atoms. The lowest BCUT2D eigenvalue weighted by molar-refractivity contribution is -0.145. The first-order valence-corrected chi connectivity index (χ1v) is 6.85. The molecule has 1 aromatic carbocycles. The molecule has 0 aliphatic carbocycles. The van der Waals surface area contributed by atoms with Crippen LogP contribution in [-0.4, -0.2) is 30.1 Å². The van der Waals surface area contributed by atoms with Gasteiger partial charge in [0.1, 0.15) is 5.82 Å². The zero-order valence-corrected chi connectivity index (χ0v) is 12.4. The molecule has 5 heteroatoms. The Morgan fingerprint density at radius 1 is 1.40 bits per heavy atom. The third kappa shape index (κ3) is 4.90. The van der Waals surface area contributed by atoms with Gasteiger partial charge in [-0.25, -0.2) is 4.39 Å². The molecule has 0 aliphatic rings. The molecule has 1 aromatic rings. The highest BCUT2D eigenvalue weighted by molar-refractivity contribution is 5.71. The van der Waals surface area contributed by atoms with Crippen molar-refractivity contribution in [2.75, 3.05) is 13.2 Å². The van der Waals surface area contributed by atoms with Crippen LogP contribution in [0.2, 0.25) is 0 Å². The van der Waals surface area contributed by atoms with E-state index in [-0.39, 0.29) is 30.9 Å². The summed E-state index contributed by atoms with van der Waals surface area (Å²) in [7, 11) is 0. The monoisotopic (exact) mass is 282 g/mol. The number of ether oxygens (including phenoxy) is 1. The molecule has 0 saturated carbocycles. The van der Waals surface area contributed by atoms with E-state index in [2.05, 4.69) is 0 Å². The fourth-order valence-corrected chi connectivity index (χ4v) is 1.95. The first kappa shape index (κ1) is 16.6. The minimum absolute atomic E-state index is 0.176. The number of nitrogens with zero attached hydrogens (tertiary/aromatic N) is 1. The molecule has 0 atom stereocenters. The molecule has 4 nitrogen and oxygen atoms in total. The molecule has 0 radical (unpaired) electrons. The molecule has 0 fully saturated rings. The lowest BCUT2D eigenvalue weighted by atomic mass is 10.1. The van der Waals surface area contributed by atoms with Gasteiger partial charge in [0.25, 0.3) is 0 Å². The zero-order valence-electron chi connectivity index (χ0n) is 12.4. The molecular weight excluding hydrogens is 259 g/mol. The molecular formula is C15H23FN2O2. The zero-order chi connectivity index (χ0) is 15.1. The van der Waals surface area contributed by atoms with Crippen LogP contribution in [0.15, 0.2) is 18.2 Å². The maximum atomic E-state index is 13.2. The van der Waals surface area contributed by atoms with Crippen LogP contribution in [0.3, 0.4) is 0 Å². The van der Waals surface area contributed by atoms with E-state index in [1.807, 2.05) is 18.7 Å². The van der Waals surface area contributed by atoms with Gasteiger partial charge in [-0.2, -0.15) is 0 Å². The predicted molar refractivity (Wildman–Crippen MR) is 76.5 cm³/mol. The molecule has 0 aromatic heterocycles. The van der Waals surface area contributed by atoms with Crippen LogP contribution in [0.4, 0.5) is 4.39 Å². The van der Waals surface area contributed by atoms with Crippen molar-refractivity contribution >= 4 is 5.97 Å². The second-order valence-corrected chi connectivity index (χ2v) is 4.92. The highest BCUT2D eigenvalue weighted by Crippen LogP contribution is 2.15. The number of benzene rings is 1. The van der Waals surface area contributed by atoms with Crippen molar-refractivity contribution in [1.29, 1.82) is 0 Å². The lowest BCUT2D eigenvalue weighted by Crippen LogP contribution is -2.36. The highest BCUT2D eigenvalue weighted by Gasteiger charge is 2.16. The molecule has 0 unspecified atom stereocenters.